The highest BCUT2D eigenvalue weighted by Crippen LogP contribution is 2.09. The van der Waals surface area contributed by atoms with Gasteiger partial charge >= 0.3 is 0 Å². The van der Waals surface area contributed by atoms with Gasteiger partial charge in [-0.1, -0.05) is 48.5 Å². The van der Waals surface area contributed by atoms with Gasteiger partial charge in [-0.3, -0.25) is 20.1 Å². The van der Waals surface area contributed by atoms with Gasteiger partial charge in [-0.15, -0.1) is 11.3 Å². The van der Waals surface area contributed by atoms with Gasteiger partial charge in [0.25, 0.3) is 0 Å². The van der Waals surface area contributed by atoms with Crippen LogP contribution in [0, 0.1) is 0 Å². The van der Waals surface area contributed by atoms with Crippen molar-refractivity contribution >= 4 is 33.0 Å². The maximum absolute atomic E-state index is 4.18. The minimum atomic E-state index is 1.06. The van der Waals surface area contributed by atoms with Gasteiger partial charge in [0.15, 0.2) is 0 Å². The summed E-state index contributed by atoms with van der Waals surface area (Å²) < 4.78 is 0. The van der Waals surface area contributed by atoms with E-state index < -0.39 is 0 Å². The Labute approximate surface area is 178 Å². The maximum atomic E-state index is 4.18. The first kappa shape index (κ1) is 20.8. The zero-order valence-electron chi connectivity index (χ0n) is 16.1. The smallest absolute Gasteiger partial charge is 0.137 e. The largest absolute Gasteiger partial charge is 0.266 e. The summed E-state index contributed by atoms with van der Waals surface area (Å²) in [5.74, 6) is 0. The van der Waals surface area contributed by atoms with Gasteiger partial charge in [0, 0.05) is 35.6 Å². The normalized spacial score (nSPS) is 9.33. The summed E-state index contributed by atoms with van der Waals surface area (Å²) in [6, 6.07) is 22.3. The van der Waals surface area contributed by atoms with Crippen molar-refractivity contribution in [3.05, 3.63) is 115 Å². The number of pyridine rings is 2. The molecule has 6 rings (SSSR count). The lowest BCUT2D eigenvalue weighted by atomic mass is 10.2. The van der Waals surface area contributed by atoms with Crippen molar-refractivity contribution in [2.75, 3.05) is 0 Å². The van der Waals surface area contributed by atoms with Crippen molar-refractivity contribution in [1.29, 1.82) is 0 Å². The van der Waals surface area contributed by atoms with Gasteiger partial charge in [0.05, 0.1) is 11.0 Å². The Bertz CT molecular complexity index is 944. The molecule has 7 heteroatoms. The van der Waals surface area contributed by atoms with E-state index in [4.69, 9.17) is 0 Å². The van der Waals surface area contributed by atoms with Crippen LogP contribution in [0.3, 0.4) is 0 Å². The van der Waals surface area contributed by atoms with Crippen molar-refractivity contribution in [2.45, 2.75) is 0 Å². The fourth-order valence-electron chi connectivity index (χ4n) is 2.39. The summed E-state index contributed by atoms with van der Waals surface area (Å²) in [5.41, 5.74) is 2.85. The van der Waals surface area contributed by atoms with Crippen LogP contribution in [0.25, 0.3) is 21.7 Å². The van der Waals surface area contributed by atoms with Crippen molar-refractivity contribution in [3.8, 4) is 0 Å². The summed E-state index contributed by atoms with van der Waals surface area (Å²) in [6.07, 6.45) is 10.2. The molecule has 1 N–H and O–H groups in total. The number of thiazole rings is 1. The second kappa shape index (κ2) is 12.5. The first-order chi connectivity index (χ1) is 14.9. The Morgan fingerprint density at radius 3 is 2.07 bits per heavy atom. The van der Waals surface area contributed by atoms with Gasteiger partial charge in [0.2, 0.25) is 0 Å². The molecule has 0 unspecified atom stereocenters. The second-order valence-corrected chi connectivity index (χ2v) is 6.50. The molecule has 30 heavy (non-hydrogen) atoms. The van der Waals surface area contributed by atoms with Crippen LogP contribution in [0.15, 0.2) is 115 Å². The summed E-state index contributed by atoms with van der Waals surface area (Å²) in [7, 11) is 0. The van der Waals surface area contributed by atoms with E-state index in [0.29, 0.717) is 0 Å². The predicted molar refractivity (Wildman–Crippen MR) is 122 cm³/mol. The summed E-state index contributed by atoms with van der Waals surface area (Å²) in [5, 5.41) is 11.6. The number of aromatic nitrogens is 6. The number of para-hydroxylation sites is 1. The number of rotatable bonds is 0. The van der Waals surface area contributed by atoms with Crippen LogP contribution in [-0.2, 0) is 0 Å². The molecule has 4 aromatic heterocycles. The number of fused-ring (bicyclic) bond motifs is 2. The predicted octanol–water partition coefficient (Wildman–Crippen LogP) is 5.42. The third-order valence-electron chi connectivity index (χ3n) is 3.74. The van der Waals surface area contributed by atoms with Crippen molar-refractivity contribution in [2.24, 2.45) is 0 Å². The SMILES string of the molecule is c1ccc2cnccc2c1.c1ccc2ncccc2c1.c1cscn1.c1nc[nH]n1. The molecule has 148 valence electrons. The molecule has 0 atom stereocenters. The summed E-state index contributed by atoms with van der Waals surface area (Å²) >= 11 is 1.60. The van der Waals surface area contributed by atoms with Gasteiger partial charge < -0.3 is 0 Å². The number of nitrogens with zero attached hydrogens (tertiary/aromatic N) is 5. The van der Waals surface area contributed by atoms with E-state index in [1.807, 2.05) is 66.4 Å². The molecule has 0 saturated heterocycles. The standard InChI is InChI=1S/2C9H7N.C3H3NS.C2H3N3/c1-2-6-9-8(4-1)5-3-7-10-9;1-2-4-9-7-10-6-5-8(9)3-1;1-2-5-3-4-1;1-3-2-5-4-1/h2*1-7H;1-3H;1-2H,(H,3,4,5). The van der Waals surface area contributed by atoms with Gasteiger partial charge in [-0.25, -0.2) is 4.98 Å². The highest BCUT2D eigenvalue weighted by atomic mass is 32.1. The average Bonchev–Trinajstić information content (AvgIpc) is 3.59. The van der Waals surface area contributed by atoms with Gasteiger partial charge in [-0.2, -0.15) is 5.10 Å². The van der Waals surface area contributed by atoms with E-state index in [2.05, 4.69) is 54.4 Å². The lowest BCUT2D eigenvalue weighted by molar-refractivity contribution is 1.09. The average molecular weight is 413 g/mol. The fourth-order valence-corrected chi connectivity index (χ4v) is 2.74. The molecule has 0 aliphatic carbocycles. The van der Waals surface area contributed by atoms with Crippen LogP contribution in [0.4, 0.5) is 0 Å². The summed E-state index contributed by atoms with van der Waals surface area (Å²) in [6.45, 7) is 0. The molecule has 0 aliphatic heterocycles. The molecule has 0 radical (unpaired) electrons. The molecule has 6 aromatic rings. The first-order valence-electron chi connectivity index (χ1n) is 9.13. The Kier molecular flexibility index (Phi) is 8.64. The number of hydrogen-bond donors (Lipinski definition) is 1. The molecule has 2 aromatic carbocycles. The van der Waals surface area contributed by atoms with E-state index in [1.54, 1.807) is 23.0 Å². The molecule has 4 heterocycles. The Morgan fingerprint density at radius 2 is 1.47 bits per heavy atom. The summed E-state index contributed by atoms with van der Waals surface area (Å²) in [4.78, 5) is 15.5. The quantitative estimate of drug-likeness (QED) is 0.360. The van der Waals surface area contributed by atoms with E-state index in [1.165, 1.54) is 28.8 Å². The maximum Gasteiger partial charge on any atom is 0.137 e. The second-order valence-electron chi connectivity index (χ2n) is 5.75. The lowest BCUT2D eigenvalue weighted by Gasteiger charge is -1.91. The highest BCUT2D eigenvalue weighted by molar-refractivity contribution is 7.07. The van der Waals surface area contributed by atoms with Gasteiger partial charge in [-0.05, 0) is 29.0 Å². The zero-order chi connectivity index (χ0) is 20.7. The molecule has 0 spiro atoms. The molecule has 6 nitrogen and oxygen atoms in total. The monoisotopic (exact) mass is 412 g/mol. The highest BCUT2D eigenvalue weighted by Gasteiger charge is 1.87. The number of nitrogens with one attached hydrogen (secondary N) is 1. The molecular weight excluding hydrogens is 392 g/mol. The first-order valence-corrected chi connectivity index (χ1v) is 10.1. The third-order valence-corrected chi connectivity index (χ3v) is 4.26. The molecule has 0 amide bonds. The topological polar surface area (TPSA) is 80.2 Å². The molecule has 0 bridgehead atoms. The minimum absolute atomic E-state index is 1.06. The van der Waals surface area contributed by atoms with E-state index in [0.717, 1.165) is 5.52 Å². The number of aromatic amines is 1. The number of H-pyrrole nitrogens is 1. The minimum Gasteiger partial charge on any atom is -0.266 e. The molecule has 0 aliphatic rings. The van der Waals surface area contributed by atoms with Crippen LogP contribution in [-0.4, -0.2) is 30.1 Å². The Balaban J connectivity index is 0.000000120. The Morgan fingerprint density at radius 1 is 0.667 bits per heavy atom. The van der Waals surface area contributed by atoms with E-state index in [9.17, 15) is 0 Å². The van der Waals surface area contributed by atoms with E-state index in [-0.39, 0.29) is 0 Å². The molecular formula is C23H20N6S. The van der Waals surface area contributed by atoms with Crippen LogP contribution < -0.4 is 0 Å². The van der Waals surface area contributed by atoms with E-state index >= 15 is 0 Å². The van der Waals surface area contributed by atoms with Crippen molar-refractivity contribution in [3.63, 3.8) is 0 Å². The van der Waals surface area contributed by atoms with Crippen molar-refractivity contribution in [1.82, 2.24) is 30.1 Å². The Hall–Kier alpha value is -3.97. The van der Waals surface area contributed by atoms with Gasteiger partial charge in [0.1, 0.15) is 12.7 Å². The van der Waals surface area contributed by atoms with Crippen LogP contribution in [0.5, 0.6) is 0 Å². The van der Waals surface area contributed by atoms with Crippen LogP contribution >= 0.6 is 11.3 Å². The van der Waals surface area contributed by atoms with Crippen molar-refractivity contribution < 1.29 is 0 Å². The number of hydrogen-bond acceptors (Lipinski definition) is 6. The lowest BCUT2D eigenvalue weighted by Crippen LogP contribution is -1.73. The fraction of sp³-hybridized carbons (Fsp3) is 0. The number of benzene rings is 2. The molecule has 0 saturated carbocycles. The van der Waals surface area contributed by atoms with Crippen LogP contribution in [0.2, 0.25) is 0 Å². The third kappa shape index (κ3) is 7.21. The molecule has 0 fully saturated rings. The van der Waals surface area contributed by atoms with Crippen LogP contribution in [0.1, 0.15) is 0 Å². The zero-order valence-corrected chi connectivity index (χ0v) is 16.9.